The van der Waals surface area contributed by atoms with Crippen molar-refractivity contribution in [3.05, 3.63) is 34.9 Å². The predicted molar refractivity (Wildman–Crippen MR) is 72.0 cm³/mol. The molecule has 1 amide bonds. The van der Waals surface area contributed by atoms with Crippen molar-refractivity contribution in [1.82, 2.24) is 20.2 Å². The minimum absolute atomic E-state index is 0.220. The Labute approximate surface area is 111 Å². The van der Waals surface area contributed by atoms with Crippen molar-refractivity contribution in [1.29, 1.82) is 0 Å². The summed E-state index contributed by atoms with van der Waals surface area (Å²) in [7, 11) is 0. The van der Waals surface area contributed by atoms with Gasteiger partial charge in [0.05, 0.1) is 6.54 Å². The highest BCUT2D eigenvalue weighted by atomic mass is 16.1. The maximum atomic E-state index is 12.1. The highest BCUT2D eigenvalue weighted by molar-refractivity contribution is 6.03. The lowest BCUT2D eigenvalue weighted by Gasteiger charge is -2.03. The van der Waals surface area contributed by atoms with Crippen molar-refractivity contribution in [3.8, 4) is 0 Å². The van der Waals surface area contributed by atoms with Crippen molar-refractivity contribution in [2.75, 3.05) is 5.32 Å². The standard InChI is InChI=1S/C13H17N5O/c1-4-5-18-16-13(15-17-18)14-12(19)11-7-9(2)6-10(3)8-11/h6-8H,4-5H2,1-3H3,(H,14,16,19). The summed E-state index contributed by atoms with van der Waals surface area (Å²) in [5.41, 5.74) is 2.70. The molecule has 0 aliphatic carbocycles. The van der Waals surface area contributed by atoms with Crippen LogP contribution in [0.15, 0.2) is 18.2 Å². The van der Waals surface area contributed by atoms with Gasteiger partial charge in [-0.15, -0.1) is 5.10 Å². The van der Waals surface area contributed by atoms with Gasteiger partial charge in [0.2, 0.25) is 0 Å². The van der Waals surface area contributed by atoms with E-state index in [1.54, 1.807) is 0 Å². The van der Waals surface area contributed by atoms with Gasteiger partial charge in [-0.2, -0.15) is 4.80 Å². The van der Waals surface area contributed by atoms with E-state index in [0.717, 1.165) is 17.5 Å². The third-order valence-electron chi connectivity index (χ3n) is 2.59. The molecule has 1 aromatic heterocycles. The van der Waals surface area contributed by atoms with Crippen LogP contribution in [0.2, 0.25) is 0 Å². The van der Waals surface area contributed by atoms with E-state index in [2.05, 4.69) is 20.7 Å². The number of aromatic nitrogens is 4. The van der Waals surface area contributed by atoms with E-state index in [-0.39, 0.29) is 11.9 Å². The molecule has 0 aliphatic rings. The molecule has 6 heteroatoms. The number of nitrogens with zero attached hydrogens (tertiary/aromatic N) is 4. The first-order valence-electron chi connectivity index (χ1n) is 6.26. The molecule has 0 fully saturated rings. The van der Waals surface area contributed by atoms with E-state index in [0.29, 0.717) is 12.1 Å². The van der Waals surface area contributed by atoms with Gasteiger partial charge in [-0.1, -0.05) is 29.2 Å². The van der Waals surface area contributed by atoms with Gasteiger partial charge < -0.3 is 0 Å². The summed E-state index contributed by atoms with van der Waals surface area (Å²) in [6.45, 7) is 6.63. The number of benzene rings is 1. The molecule has 0 atom stereocenters. The molecule has 0 spiro atoms. The molecule has 19 heavy (non-hydrogen) atoms. The Morgan fingerprint density at radius 1 is 1.26 bits per heavy atom. The molecule has 0 unspecified atom stereocenters. The summed E-state index contributed by atoms with van der Waals surface area (Å²) in [6.07, 6.45) is 0.917. The Kier molecular flexibility index (Phi) is 3.89. The van der Waals surface area contributed by atoms with E-state index in [1.165, 1.54) is 4.80 Å². The Bertz CT molecular complexity index is 570. The minimum Gasteiger partial charge on any atom is -0.288 e. The summed E-state index contributed by atoms with van der Waals surface area (Å²) >= 11 is 0. The van der Waals surface area contributed by atoms with Crippen LogP contribution in [0.3, 0.4) is 0 Å². The van der Waals surface area contributed by atoms with Crippen LogP contribution in [-0.2, 0) is 6.54 Å². The summed E-state index contributed by atoms with van der Waals surface area (Å²) < 4.78 is 0. The van der Waals surface area contributed by atoms with Crippen molar-refractivity contribution in [2.24, 2.45) is 0 Å². The van der Waals surface area contributed by atoms with E-state index >= 15 is 0 Å². The Morgan fingerprint density at radius 2 is 1.95 bits per heavy atom. The molecule has 0 bridgehead atoms. The molecule has 100 valence electrons. The zero-order valence-electron chi connectivity index (χ0n) is 11.3. The van der Waals surface area contributed by atoms with Crippen molar-refractivity contribution >= 4 is 11.9 Å². The molecule has 0 aliphatic heterocycles. The highest BCUT2D eigenvalue weighted by Gasteiger charge is 2.10. The lowest BCUT2D eigenvalue weighted by atomic mass is 10.1. The van der Waals surface area contributed by atoms with Gasteiger partial charge in [0.15, 0.2) is 0 Å². The molecule has 1 aromatic carbocycles. The van der Waals surface area contributed by atoms with E-state index in [4.69, 9.17) is 0 Å². The second kappa shape index (κ2) is 5.60. The smallest absolute Gasteiger partial charge is 0.270 e. The lowest BCUT2D eigenvalue weighted by molar-refractivity contribution is 0.102. The summed E-state index contributed by atoms with van der Waals surface area (Å²) in [6, 6.07) is 5.68. The number of nitrogens with one attached hydrogen (secondary N) is 1. The van der Waals surface area contributed by atoms with Gasteiger partial charge in [0.25, 0.3) is 11.9 Å². The molecule has 0 saturated carbocycles. The fourth-order valence-electron chi connectivity index (χ4n) is 1.87. The molecule has 6 nitrogen and oxygen atoms in total. The first-order chi connectivity index (χ1) is 9.08. The highest BCUT2D eigenvalue weighted by Crippen LogP contribution is 2.10. The average Bonchev–Trinajstić information content (AvgIpc) is 2.76. The van der Waals surface area contributed by atoms with Crippen molar-refractivity contribution < 1.29 is 4.79 Å². The average molecular weight is 259 g/mol. The Morgan fingerprint density at radius 3 is 2.58 bits per heavy atom. The van der Waals surface area contributed by atoms with E-state index in [1.807, 2.05) is 39.0 Å². The van der Waals surface area contributed by atoms with Crippen molar-refractivity contribution in [3.63, 3.8) is 0 Å². The number of hydrogen-bond donors (Lipinski definition) is 1. The van der Waals surface area contributed by atoms with Gasteiger partial charge >= 0.3 is 0 Å². The number of carbonyl (C=O) groups excluding carboxylic acids is 1. The third-order valence-corrected chi connectivity index (χ3v) is 2.59. The van der Waals surface area contributed by atoms with Gasteiger partial charge in [-0.05, 0) is 37.6 Å². The monoisotopic (exact) mass is 259 g/mol. The lowest BCUT2D eigenvalue weighted by Crippen LogP contribution is -2.13. The van der Waals surface area contributed by atoms with Crippen LogP contribution in [-0.4, -0.2) is 26.1 Å². The molecule has 2 rings (SSSR count). The van der Waals surface area contributed by atoms with Gasteiger partial charge in [-0.25, -0.2) is 0 Å². The second-order valence-corrected chi connectivity index (χ2v) is 4.54. The topological polar surface area (TPSA) is 72.7 Å². The van der Waals surface area contributed by atoms with E-state index in [9.17, 15) is 4.79 Å². The Hall–Kier alpha value is -2.24. The SMILES string of the molecule is CCCn1nnc(NC(=O)c2cc(C)cc(C)c2)n1. The molecular formula is C13H17N5O. The number of amides is 1. The molecule has 0 saturated heterocycles. The van der Waals surface area contributed by atoms with Gasteiger partial charge in [0, 0.05) is 5.56 Å². The van der Waals surface area contributed by atoms with Crippen LogP contribution in [0.4, 0.5) is 5.95 Å². The second-order valence-electron chi connectivity index (χ2n) is 4.54. The van der Waals surface area contributed by atoms with Crippen LogP contribution in [0.25, 0.3) is 0 Å². The fourth-order valence-corrected chi connectivity index (χ4v) is 1.87. The minimum atomic E-state index is -0.220. The summed E-state index contributed by atoms with van der Waals surface area (Å²) in [5, 5.41) is 14.4. The first-order valence-corrected chi connectivity index (χ1v) is 6.26. The number of tetrazole rings is 1. The van der Waals surface area contributed by atoms with Crippen LogP contribution in [0.5, 0.6) is 0 Å². The molecule has 1 heterocycles. The number of aryl methyl sites for hydroxylation is 3. The molecular weight excluding hydrogens is 242 g/mol. The molecule has 0 radical (unpaired) electrons. The number of carbonyl (C=O) groups is 1. The largest absolute Gasteiger partial charge is 0.288 e. The quantitative estimate of drug-likeness (QED) is 0.910. The fraction of sp³-hybridized carbons (Fsp3) is 0.385. The van der Waals surface area contributed by atoms with Crippen LogP contribution in [0.1, 0.15) is 34.8 Å². The normalized spacial score (nSPS) is 10.5. The zero-order valence-corrected chi connectivity index (χ0v) is 11.3. The predicted octanol–water partition coefficient (Wildman–Crippen LogP) is 1.95. The summed E-state index contributed by atoms with van der Waals surface area (Å²) in [5.74, 6) is 0.0143. The van der Waals surface area contributed by atoms with Crippen molar-refractivity contribution in [2.45, 2.75) is 33.7 Å². The maximum absolute atomic E-state index is 12.1. The Balaban J connectivity index is 2.11. The third kappa shape index (κ3) is 3.37. The van der Waals surface area contributed by atoms with E-state index < -0.39 is 0 Å². The van der Waals surface area contributed by atoms with Gasteiger partial charge in [-0.3, -0.25) is 10.1 Å². The molecule has 1 N–H and O–H groups in total. The number of hydrogen-bond acceptors (Lipinski definition) is 4. The first kappa shape index (κ1) is 13.2. The number of anilines is 1. The summed E-state index contributed by atoms with van der Waals surface area (Å²) in [4.78, 5) is 13.5. The maximum Gasteiger partial charge on any atom is 0.270 e. The van der Waals surface area contributed by atoms with Gasteiger partial charge in [0.1, 0.15) is 0 Å². The van der Waals surface area contributed by atoms with Crippen LogP contribution < -0.4 is 5.32 Å². The van der Waals surface area contributed by atoms with Crippen LogP contribution >= 0.6 is 0 Å². The number of rotatable bonds is 4. The zero-order chi connectivity index (χ0) is 13.8. The van der Waals surface area contributed by atoms with Crippen LogP contribution in [0, 0.1) is 13.8 Å². The molecule has 2 aromatic rings.